The SMILES string of the molecule is CC(C)CC(O)CN1CCC(C)CC1. The predicted octanol–water partition coefficient (Wildman–Crippen LogP) is 2.13. The maximum absolute atomic E-state index is 9.80. The van der Waals surface area contributed by atoms with Gasteiger partial charge in [0, 0.05) is 6.54 Å². The zero-order valence-corrected chi connectivity index (χ0v) is 9.87. The largest absolute Gasteiger partial charge is 0.392 e. The summed E-state index contributed by atoms with van der Waals surface area (Å²) in [5.74, 6) is 1.49. The summed E-state index contributed by atoms with van der Waals surface area (Å²) in [5.41, 5.74) is 0. The van der Waals surface area contributed by atoms with E-state index in [1.165, 1.54) is 25.9 Å². The van der Waals surface area contributed by atoms with Gasteiger partial charge in [-0.3, -0.25) is 0 Å². The second-order valence-electron chi connectivity index (χ2n) is 5.27. The van der Waals surface area contributed by atoms with E-state index in [9.17, 15) is 5.11 Å². The number of hydrogen-bond acceptors (Lipinski definition) is 2. The van der Waals surface area contributed by atoms with Crippen molar-refractivity contribution in [2.24, 2.45) is 11.8 Å². The van der Waals surface area contributed by atoms with Crippen LogP contribution in [-0.2, 0) is 0 Å². The number of nitrogens with zero attached hydrogens (tertiary/aromatic N) is 1. The first-order valence-corrected chi connectivity index (χ1v) is 5.98. The lowest BCUT2D eigenvalue weighted by molar-refractivity contribution is 0.0777. The van der Waals surface area contributed by atoms with Crippen LogP contribution in [0.3, 0.4) is 0 Å². The molecular weight excluding hydrogens is 174 g/mol. The summed E-state index contributed by atoms with van der Waals surface area (Å²) in [4.78, 5) is 2.41. The van der Waals surface area contributed by atoms with Gasteiger partial charge < -0.3 is 10.0 Å². The molecule has 2 nitrogen and oxygen atoms in total. The van der Waals surface area contributed by atoms with E-state index < -0.39 is 0 Å². The van der Waals surface area contributed by atoms with Crippen LogP contribution in [0.15, 0.2) is 0 Å². The summed E-state index contributed by atoms with van der Waals surface area (Å²) in [5, 5.41) is 9.80. The molecule has 1 unspecified atom stereocenters. The van der Waals surface area contributed by atoms with Gasteiger partial charge in [0.2, 0.25) is 0 Å². The zero-order valence-electron chi connectivity index (χ0n) is 9.87. The Hall–Kier alpha value is -0.0800. The fraction of sp³-hybridized carbons (Fsp3) is 1.00. The van der Waals surface area contributed by atoms with Gasteiger partial charge >= 0.3 is 0 Å². The lowest BCUT2D eigenvalue weighted by atomic mass is 9.98. The maximum atomic E-state index is 9.80. The van der Waals surface area contributed by atoms with Gasteiger partial charge in [0.05, 0.1) is 6.10 Å². The first kappa shape index (κ1) is 12.0. The Morgan fingerprint density at radius 3 is 2.36 bits per heavy atom. The first-order chi connectivity index (χ1) is 6.58. The molecule has 84 valence electrons. The zero-order chi connectivity index (χ0) is 10.6. The second-order valence-corrected chi connectivity index (χ2v) is 5.27. The van der Waals surface area contributed by atoms with Crippen LogP contribution in [0.5, 0.6) is 0 Å². The monoisotopic (exact) mass is 199 g/mol. The van der Waals surface area contributed by atoms with E-state index >= 15 is 0 Å². The fourth-order valence-corrected chi connectivity index (χ4v) is 2.16. The Bertz CT molecular complexity index is 150. The van der Waals surface area contributed by atoms with Crippen molar-refractivity contribution in [1.29, 1.82) is 0 Å². The maximum Gasteiger partial charge on any atom is 0.0669 e. The fourth-order valence-electron chi connectivity index (χ4n) is 2.16. The second kappa shape index (κ2) is 5.72. The molecule has 0 saturated carbocycles. The smallest absolute Gasteiger partial charge is 0.0669 e. The van der Waals surface area contributed by atoms with Gasteiger partial charge in [-0.2, -0.15) is 0 Å². The van der Waals surface area contributed by atoms with Crippen LogP contribution >= 0.6 is 0 Å². The molecule has 1 aliphatic heterocycles. The number of β-amino-alcohol motifs (C(OH)–C–C–N with tert-alkyl or cyclic N) is 1. The number of hydrogen-bond donors (Lipinski definition) is 1. The van der Waals surface area contributed by atoms with E-state index in [2.05, 4.69) is 25.7 Å². The molecule has 2 heteroatoms. The molecule has 1 atom stereocenters. The Balaban J connectivity index is 2.17. The van der Waals surface area contributed by atoms with Crippen molar-refractivity contribution < 1.29 is 5.11 Å². The van der Waals surface area contributed by atoms with Crippen LogP contribution in [0.25, 0.3) is 0 Å². The van der Waals surface area contributed by atoms with Crippen LogP contribution in [0.2, 0.25) is 0 Å². The van der Waals surface area contributed by atoms with Gasteiger partial charge in [0.25, 0.3) is 0 Å². The predicted molar refractivity (Wildman–Crippen MR) is 60.3 cm³/mol. The summed E-state index contributed by atoms with van der Waals surface area (Å²) in [6.45, 7) is 9.89. The molecule has 0 aromatic heterocycles. The summed E-state index contributed by atoms with van der Waals surface area (Å²) >= 11 is 0. The Morgan fingerprint density at radius 2 is 1.86 bits per heavy atom. The third kappa shape index (κ3) is 4.43. The summed E-state index contributed by atoms with van der Waals surface area (Å²) in [7, 11) is 0. The first-order valence-electron chi connectivity index (χ1n) is 5.98. The molecule has 0 bridgehead atoms. The average molecular weight is 199 g/mol. The lowest BCUT2D eigenvalue weighted by Gasteiger charge is -2.31. The van der Waals surface area contributed by atoms with Gasteiger partial charge in [-0.15, -0.1) is 0 Å². The minimum atomic E-state index is -0.122. The number of aliphatic hydroxyl groups is 1. The molecule has 0 radical (unpaired) electrons. The van der Waals surface area contributed by atoms with Crippen LogP contribution in [0, 0.1) is 11.8 Å². The van der Waals surface area contributed by atoms with Crippen LogP contribution in [-0.4, -0.2) is 35.7 Å². The molecule has 0 aromatic rings. The van der Waals surface area contributed by atoms with E-state index in [1.54, 1.807) is 0 Å². The van der Waals surface area contributed by atoms with Crippen molar-refractivity contribution in [3.05, 3.63) is 0 Å². The summed E-state index contributed by atoms with van der Waals surface area (Å²) in [6, 6.07) is 0. The van der Waals surface area contributed by atoms with Crippen molar-refractivity contribution >= 4 is 0 Å². The number of piperidine rings is 1. The Labute approximate surface area is 88.3 Å². The molecule has 1 saturated heterocycles. The number of likely N-dealkylation sites (tertiary alicyclic amines) is 1. The molecule has 1 N–H and O–H groups in total. The van der Waals surface area contributed by atoms with Gasteiger partial charge in [-0.05, 0) is 44.2 Å². The minimum absolute atomic E-state index is 0.122. The van der Waals surface area contributed by atoms with E-state index in [-0.39, 0.29) is 6.10 Å². The third-order valence-electron chi connectivity index (χ3n) is 3.09. The van der Waals surface area contributed by atoms with Crippen molar-refractivity contribution in [3.8, 4) is 0 Å². The summed E-state index contributed by atoms with van der Waals surface area (Å²) < 4.78 is 0. The quantitative estimate of drug-likeness (QED) is 0.749. The Morgan fingerprint density at radius 1 is 1.29 bits per heavy atom. The molecule has 1 heterocycles. The van der Waals surface area contributed by atoms with E-state index in [0.717, 1.165) is 18.9 Å². The lowest BCUT2D eigenvalue weighted by Crippen LogP contribution is -2.38. The molecule has 0 amide bonds. The summed E-state index contributed by atoms with van der Waals surface area (Å²) in [6.07, 6.45) is 3.41. The highest BCUT2D eigenvalue weighted by molar-refractivity contribution is 4.72. The van der Waals surface area contributed by atoms with Crippen LogP contribution in [0.4, 0.5) is 0 Å². The van der Waals surface area contributed by atoms with Gasteiger partial charge in [0.15, 0.2) is 0 Å². The highest BCUT2D eigenvalue weighted by atomic mass is 16.3. The molecule has 14 heavy (non-hydrogen) atoms. The molecular formula is C12H25NO. The molecule has 1 rings (SSSR count). The van der Waals surface area contributed by atoms with Crippen LogP contribution in [0.1, 0.15) is 40.0 Å². The minimum Gasteiger partial charge on any atom is -0.392 e. The van der Waals surface area contributed by atoms with Gasteiger partial charge in [0.1, 0.15) is 0 Å². The molecule has 0 aliphatic carbocycles. The van der Waals surface area contributed by atoms with Crippen molar-refractivity contribution in [1.82, 2.24) is 4.90 Å². The van der Waals surface area contributed by atoms with E-state index in [1.807, 2.05) is 0 Å². The van der Waals surface area contributed by atoms with Crippen LogP contribution < -0.4 is 0 Å². The molecule has 1 aliphatic rings. The van der Waals surface area contributed by atoms with Gasteiger partial charge in [-0.1, -0.05) is 20.8 Å². The van der Waals surface area contributed by atoms with Gasteiger partial charge in [-0.25, -0.2) is 0 Å². The molecule has 0 aromatic carbocycles. The molecule has 0 spiro atoms. The van der Waals surface area contributed by atoms with Crippen molar-refractivity contribution in [2.75, 3.05) is 19.6 Å². The number of rotatable bonds is 4. The third-order valence-corrected chi connectivity index (χ3v) is 3.09. The topological polar surface area (TPSA) is 23.5 Å². The van der Waals surface area contributed by atoms with E-state index in [4.69, 9.17) is 0 Å². The normalized spacial score (nSPS) is 22.9. The average Bonchev–Trinajstić information content (AvgIpc) is 2.07. The highest BCUT2D eigenvalue weighted by Gasteiger charge is 2.18. The van der Waals surface area contributed by atoms with Crippen molar-refractivity contribution in [3.63, 3.8) is 0 Å². The number of aliphatic hydroxyl groups excluding tert-OH is 1. The molecule has 1 fully saturated rings. The van der Waals surface area contributed by atoms with E-state index in [0.29, 0.717) is 5.92 Å². The Kier molecular flexibility index (Phi) is 4.90. The standard InChI is InChI=1S/C12H25NO/c1-10(2)8-12(14)9-13-6-4-11(3)5-7-13/h10-12,14H,4-9H2,1-3H3. The highest BCUT2D eigenvalue weighted by Crippen LogP contribution is 2.17. The van der Waals surface area contributed by atoms with Crippen molar-refractivity contribution in [2.45, 2.75) is 46.1 Å².